The van der Waals surface area contributed by atoms with Crippen LogP contribution in [0.3, 0.4) is 0 Å². The van der Waals surface area contributed by atoms with E-state index in [-0.39, 0.29) is 36.9 Å². The van der Waals surface area contributed by atoms with E-state index in [0.717, 1.165) is 17.5 Å². The number of carbonyl (C=O) groups is 2. The molecular weight excluding hydrogens is 440 g/mol. The highest BCUT2D eigenvalue weighted by molar-refractivity contribution is 6.21. The van der Waals surface area contributed by atoms with Crippen LogP contribution in [0.15, 0.2) is 84.9 Å². The van der Waals surface area contributed by atoms with E-state index in [2.05, 4.69) is 6.92 Å². The Labute approximate surface area is 208 Å². The highest BCUT2D eigenvalue weighted by Crippen LogP contribution is 2.27. The normalized spacial score (nSPS) is 13.7. The number of aliphatic hydroxyl groups excluding tert-OH is 2. The first-order valence-corrected chi connectivity index (χ1v) is 12.0. The molecule has 6 heteroatoms. The van der Waals surface area contributed by atoms with E-state index < -0.39 is 0 Å². The molecule has 0 aromatic heterocycles. The van der Waals surface area contributed by atoms with Gasteiger partial charge in [-0.1, -0.05) is 79.7 Å². The van der Waals surface area contributed by atoms with Crippen LogP contribution in [0.4, 0.5) is 0 Å². The Morgan fingerprint density at radius 1 is 0.714 bits per heavy atom. The Kier molecular flexibility index (Phi) is 11.8. The summed E-state index contributed by atoms with van der Waals surface area (Å²) < 4.78 is 0. The summed E-state index contributed by atoms with van der Waals surface area (Å²) in [6.07, 6.45) is 0.886. The summed E-state index contributed by atoms with van der Waals surface area (Å²) in [5.41, 5.74) is 8.77. The summed E-state index contributed by atoms with van der Waals surface area (Å²) in [5.74, 6) is -0.0837. The molecule has 2 amide bonds. The quantitative estimate of drug-likeness (QED) is 0.444. The Morgan fingerprint density at radius 3 is 1.49 bits per heavy atom. The van der Waals surface area contributed by atoms with Crippen molar-refractivity contribution in [2.45, 2.75) is 32.1 Å². The van der Waals surface area contributed by atoms with Gasteiger partial charge in [-0.15, -0.1) is 0 Å². The minimum absolute atomic E-state index is 0.0937. The molecule has 3 aromatic carbocycles. The van der Waals surface area contributed by atoms with Crippen LogP contribution < -0.4 is 5.73 Å². The smallest absolute Gasteiger partial charge is 0.261 e. The fourth-order valence-corrected chi connectivity index (χ4v) is 3.86. The number of imide groups is 1. The van der Waals surface area contributed by atoms with Crippen LogP contribution in [0.5, 0.6) is 0 Å². The van der Waals surface area contributed by atoms with Gasteiger partial charge in [-0.2, -0.15) is 0 Å². The van der Waals surface area contributed by atoms with E-state index in [9.17, 15) is 9.59 Å². The Bertz CT molecular complexity index is 1000. The number of carbonyl (C=O) groups excluding carboxylic acids is 2. The average molecular weight is 477 g/mol. The van der Waals surface area contributed by atoms with E-state index >= 15 is 0 Å². The van der Waals surface area contributed by atoms with Crippen LogP contribution in [0.2, 0.25) is 0 Å². The highest BCUT2D eigenvalue weighted by Gasteiger charge is 2.36. The van der Waals surface area contributed by atoms with Crippen LogP contribution >= 0.6 is 0 Å². The summed E-state index contributed by atoms with van der Waals surface area (Å²) in [6, 6.07) is 26.9. The van der Waals surface area contributed by atoms with Crippen molar-refractivity contribution in [1.82, 2.24) is 4.90 Å². The molecule has 35 heavy (non-hydrogen) atoms. The van der Waals surface area contributed by atoms with Gasteiger partial charge in [0.25, 0.3) is 11.8 Å². The molecule has 0 bridgehead atoms. The minimum atomic E-state index is -0.176. The molecule has 3 aromatic rings. The first-order valence-electron chi connectivity index (χ1n) is 12.0. The molecule has 0 radical (unpaired) electrons. The molecule has 4 rings (SSSR count). The lowest BCUT2D eigenvalue weighted by atomic mass is 9.96. The fourth-order valence-electron chi connectivity index (χ4n) is 3.86. The zero-order chi connectivity index (χ0) is 25.6. The van der Waals surface area contributed by atoms with E-state index in [4.69, 9.17) is 15.9 Å². The van der Waals surface area contributed by atoms with E-state index in [1.165, 1.54) is 4.90 Å². The summed E-state index contributed by atoms with van der Waals surface area (Å²) in [4.78, 5) is 26.2. The third kappa shape index (κ3) is 7.59. The summed E-state index contributed by atoms with van der Waals surface area (Å²) >= 11 is 0. The van der Waals surface area contributed by atoms with Crippen LogP contribution in [0, 0.1) is 0 Å². The number of hydrogen-bond donors (Lipinski definition) is 3. The van der Waals surface area contributed by atoms with Crippen LogP contribution in [-0.2, 0) is 0 Å². The Hall–Kier alpha value is -3.32. The molecule has 0 spiro atoms. The van der Waals surface area contributed by atoms with Gasteiger partial charge in [0.15, 0.2) is 0 Å². The van der Waals surface area contributed by atoms with Crippen molar-refractivity contribution in [3.8, 4) is 0 Å². The maximum absolute atomic E-state index is 12.4. The minimum Gasteiger partial charge on any atom is -0.397 e. The van der Waals surface area contributed by atoms with Crippen LogP contribution in [0.25, 0.3) is 0 Å². The maximum Gasteiger partial charge on any atom is 0.261 e. The third-order valence-electron chi connectivity index (χ3n) is 5.82. The summed E-state index contributed by atoms with van der Waals surface area (Å²) in [6.45, 7) is 5.07. The summed E-state index contributed by atoms with van der Waals surface area (Å²) in [7, 11) is 0. The van der Waals surface area contributed by atoms with Gasteiger partial charge in [0.2, 0.25) is 0 Å². The predicted octanol–water partition coefficient (Wildman–Crippen LogP) is 4.20. The first kappa shape index (κ1) is 27.9. The van der Waals surface area contributed by atoms with Gasteiger partial charge in [0.1, 0.15) is 0 Å². The molecule has 1 heterocycles. The number of fused-ring (bicyclic) bond motifs is 1. The fraction of sp³-hybridized carbons (Fsp3) is 0.310. The largest absolute Gasteiger partial charge is 0.397 e. The molecule has 4 N–H and O–H groups in total. The van der Waals surface area contributed by atoms with Crippen molar-refractivity contribution in [3.05, 3.63) is 107 Å². The van der Waals surface area contributed by atoms with Gasteiger partial charge in [-0.05, 0) is 36.6 Å². The zero-order valence-corrected chi connectivity index (χ0v) is 20.5. The molecule has 0 fully saturated rings. The summed E-state index contributed by atoms with van der Waals surface area (Å²) in [5, 5.41) is 16.5. The molecule has 2 atom stereocenters. The standard InChI is InChI=1S/C18H17NO2.C9H13NO.C2H6O/c1-2-13(14-8-4-3-5-9-14)12-19-17(20)15-10-6-7-11-16(15)18(19)21;10-6-9(7-11)8-4-2-1-3-5-8;1-2-3/h3-11,13H,2,12H2,1H3;1-5,9,11H,6-7,10H2;3H,2H2,1H3. The van der Waals surface area contributed by atoms with Crippen molar-refractivity contribution in [3.63, 3.8) is 0 Å². The lowest BCUT2D eigenvalue weighted by Gasteiger charge is -2.21. The Balaban J connectivity index is 0.000000260. The zero-order valence-electron chi connectivity index (χ0n) is 20.5. The number of nitrogens with two attached hydrogens (primary N) is 1. The molecule has 6 nitrogen and oxygen atoms in total. The van der Waals surface area contributed by atoms with Gasteiger partial charge >= 0.3 is 0 Å². The molecule has 0 saturated heterocycles. The highest BCUT2D eigenvalue weighted by atomic mass is 16.3. The first-order chi connectivity index (χ1) is 17.0. The van der Waals surface area contributed by atoms with E-state index in [1.54, 1.807) is 31.2 Å². The second-order valence-electron chi connectivity index (χ2n) is 8.12. The maximum atomic E-state index is 12.4. The van der Waals surface area contributed by atoms with Gasteiger partial charge in [0, 0.05) is 31.5 Å². The van der Waals surface area contributed by atoms with E-state index in [1.807, 2.05) is 60.7 Å². The SMILES string of the molecule is CCC(CN1C(=O)c2ccccc2C1=O)c1ccccc1.CCO.NCC(CO)c1ccccc1. The number of benzene rings is 3. The van der Waals surface area contributed by atoms with Crippen molar-refractivity contribution in [2.75, 3.05) is 26.3 Å². The van der Waals surface area contributed by atoms with Gasteiger partial charge < -0.3 is 15.9 Å². The average Bonchev–Trinajstić information content (AvgIpc) is 3.14. The van der Waals surface area contributed by atoms with Crippen molar-refractivity contribution < 1.29 is 19.8 Å². The lowest BCUT2D eigenvalue weighted by Crippen LogP contribution is -2.33. The van der Waals surface area contributed by atoms with Crippen molar-refractivity contribution >= 4 is 11.8 Å². The van der Waals surface area contributed by atoms with Gasteiger partial charge in [-0.3, -0.25) is 14.5 Å². The molecule has 1 aliphatic rings. The Morgan fingerprint density at radius 2 is 1.11 bits per heavy atom. The number of aliphatic hydroxyl groups is 2. The van der Waals surface area contributed by atoms with Crippen LogP contribution in [0.1, 0.15) is 63.9 Å². The molecule has 0 saturated carbocycles. The second kappa shape index (κ2) is 14.8. The monoisotopic (exact) mass is 476 g/mol. The number of rotatable bonds is 7. The van der Waals surface area contributed by atoms with Crippen molar-refractivity contribution in [2.24, 2.45) is 5.73 Å². The van der Waals surface area contributed by atoms with Gasteiger partial charge in [0.05, 0.1) is 17.7 Å². The van der Waals surface area contributed by atoms with Crippen molar-refractivity contribution in [1.29, 1.82) is 0 Å². The topological polar surface area (TPSA) is 104 Å². The molecule has 2 unspecified atom stereocenters. The van der Waals surface area contributed by atoms with E-state index in [0.29, 0.717) is 24.2 Å². The van der Waals surface area contributed by atoms with Crippen LogP contribution in [-0.4, -0.2) is 53.2 Å². The molecular formula is C29H36N2O4. The lowest BCUT2D eigenvalue weighted by molar-refractivity contribution is 0.0643. The molecule has 186 valence electrons. The molecule has 0 aliphatic carbocycles. The van der Waals surface area contributed by atoms with Gasteiger partial charge in [-0.25, -0.2) is 0 Å². The third-order valence-corrected chi connectivity index (χ3v) is 5.82. The number of nitrogens with zero attached hydrogens (tertiary/aromatic N) is 1. The number of hydrogen-bond acceptors (Lipinski definition) is 5. The molecule has 1 aliphatic heterocycles. The number of amides is 2. The second-order valence-corrected chi connectivity index (χ2v) is 8.12. The predicted molar refractivity (Wildman–Crippen MR) is 139 cm³/mol.